The van der Waals surface area contributed by atoms with Crippen LogP contribution in [0.1, 0.15) is 115 Å². The molecule has 14 aromatic rings. The van der Waals surface area contributed by atoms with Crippen molar-refractivity contribution >= 4 is 158 Å². The molecular weight excluding hydrogens is 1820 g/mol. The first kappa shape index (κ1) is 102. The van der Waals surface area contributed by atoms with E-state index in [2.05, 4.69) is 59.8 Å². The lowest BCUT2D eigenvalue weighted by molar-refractivity contribution is -0.274. The lowest BCUT2D eigenvalue weighted by atomic mass is 10.1. The number of halogens is 6. The quantitative estimate of drug-likeness (QED) is 0.0167. The normalized spacial score (nSPS) is 10.5. The molecule has 0 saturated carbocycles. The number of alkyl halides is 6. The van der Waals surface area contributed by atoms with E-state index in [1.807, 2.05) is 135 Å². The van der Waals surface area contributed by atoms with E-state index in [1.54, 1.807) is 83.6 Å². The summed E-state index contributed by atoms with van der Waals surface area (Å²) in [6.45, 7) is 9.91. The SMILES string of the molecule is CC(=O)Nc1ccc(-c2nc(CCC=O)cs2)cc1.CC(=O)c1ccc(-c2nc(CCC=O)cs2)cc1.COC(=O)Nc1ccc(-c2nc(CCC=O)cs2)cc1.COc1ccc(-c2nc(CCC=O)cs2)cc1.O=CCCc1csc(-c2ccc(C(F)(F)F)cc2)n1.O=CCCc1csc(-c2ccc(OC(F)(F)F)cc2)n1.[C-]#[N+]c1ccc(-c2nc(CCC=O)cs2)cc1. The van der Waals surface area contributed by atoms with Gasteiger partial charge in [-0.2, -0.15) is 13.2 Å². The molecular formula is C94H84F6N10O13S7. The minimum Gasteiger partial charge on any atom is -0.497 e. The molecule has 0 spiro atoms. The lowest BCUT2D eigenvalue weighted by Crippen LogP contribution is -2.16. The molecule has 2 amide bonds. The van der Waals surface area contributed by atoms with Crippen molar-refractivity contribution in [1.82, 2.24) is 34.9 Å². The number of hydrogen-bond donors (Lipinski definition) is 2. The number of aromatic nitrogens is 7. The number of benzene rings is 7. The van der Waals surface area contributed by atoms with Crippen LogP contribution >= 0.6 is 79.4 Å². The molecule has 7 aromatic heterocycles. The van der Waals surface area contributed by atoms with Crippen molar-refractivity contribution in [3.63, 3.8) is 0 Å². The Morgan fingerprint density at radius 1 is 0.354 bits per heavy atom. The van der Waals surface area contributed by atoms with Crippen molar-refractivity contribution in [1.29, 1.82) is 0 Å². The maximum Gasteiger partial charge on any atom is 0.573 e. The van der Waals surface area contributed by atoms with Crippen molar-refractivity contribution in [2.45, 2.75) is 116 Å². The number of aryl methyl sites for hydroxylation is 7. The van der Waals surface area contributed by atoms with Crippen LogP contribution in [-0.4, -0.2) is 117 Å². The van der Waals surface area contributed by atoms with Crippen molar-refractivity contribution in [2.24, 2.45) is 0 Å². The number of hydrogen-bond acceptors (Lipinski definition) is 27. The third kappa shape index (κ3) is 35.4. The van der Waals surface area contributed by atoms with Crippen LogP contribution in [0.4, 0.5) is 48.2 Å². The molecule has 0 aliphatic rings. The van der Waals surface area contributed by atoms with E-state index in [1.165, 1.54) is 84.4 Å². The monoisotopic (exact) mass is 1900 g/mol. The second kappa shape index (κ2) is 54.1. The average molecular weight is 1900 g/mol. The highest BCUT2D eigenvalue weighted by atomic mass is 32.1. The predicted molar refractivity (Wildman–Crippen MR) is 498 cm³/mol. The molecule has 2 N–H and O–H groups in total. The van der Waals surface area contributed by atoms with Crippen LogP contribution in [0.5, 0.6) is 11.5 Å². The highest BCUT2D eigenvalue weighted by molar-refractivity contribution is 7.15. The summed E-state index contributed by atoms with van der Waals surface area (Å²) < 4.78 is 86.8. The number of thiazole rings is 7. The third-order valence-electron chi connectivity index (χ3n) is 17.4. The number of nitrogens with zero attached hydrogens (tertiary/aromatic N) is 8. The first-order valence-electron chi connectivity index (χ1n) is 39.5. The number of amides is 2. The third-order valence-corrected chi connectivity index (χ3v) is 24.0. The van der Waals surface area contributed by atoms with Gasteiger partial charge in [-0.3, -0.25) is 14.9 Å². The largest absolute Gasteiger partial charge is 0.573 e. The van der Waals surface area contributed by atoms with Gasteiger partial charge in [0, 0.05) is 145 Å². The van der Waals surface area contributed by atoms with Gasteiger partial charge in [0.15, 0.2) is 11.5 Å². The summed E-state index contributed by atoms with van der Waals surface area (Å²) >= 11 is 10.6. The number of methoxy groups -OCH3 is 2. The Labute approximate surface area is 772 Å². The van der Waals surface area contributed by atoms with E-state index < -0.39 is 24.2 Å². The van der Waals surface area contributed by atoms with E-state index >= 15 is 0 Å². The minimum atomic E-state index is -4.69. The van der Waals surface area contributed by atoms with Crippen molar-refractivity contribution < 1.29 is 88.5 Å². The molecule has 14 rings (SSSR count). The average Bonchev–Trinajstić information content (AvgIpc) is 1.25. The standard InChI is InChI=1S/C14H14N2O3S.C14H14N2O2S.C14H13NO2S.C13H10F3NO2S.C13H10F3NOS.C13H10N2OS.C13H13NO2S/c1-19-14(18)16-11-6-4-10(5-7-11)13-15-12(9-20-13)3-2-8-17;1-10(18)15-12-6-4-11(5-7-12)14-16-13(9-19-14)3-2-8-17;1-10(17)11-4-6-12(7-5-11)14-15-13(9-18-14)3-2-8-16;14-13(15,16)19-11-5-3-9(4-6-11)12-17-10(8-20-12)2-1-7-18;14-13(15,16)10-5-3-9(4-6-10)12-17-11(8-19-12)2-1-7-18;1-14-11-6-4-10(5-7-11)13-15-12(9-17-13)3-2-8-16;1-16-12-6-4-10(5-7-12)13-14-11(9-17-13)3-2-8-15/h4-9H,2-3H2,1H3,(H,16,18);4-9H,2-3H2,1H3,(H,15,18);4-9H,2-3H2,1H3;3-8H,1-2H2;3-8H,1-2H2;4-9H,2-3H2;4-9H,2-3H2,1H3. The Morgan fingerprint density at radius 3 is 0.831 bits per heavy atom. The Hall–Kier alpha value is -13.3. The first-order chi connectivity index (χ1) is 62.8. The Bertz CT molecular complexity index is 5950. The molecule has 672 valence electrons. The number of aldehydes is 7. The topological polar surface area (TPSA) is 317 Å². The van der Waals surface area contributed by atoms with Crippen LogP contribution in [0, 0.1) is 6.57 Å². The van der Waals surface area contributed by atoms with Gasteiger partial charge in [-0.1, -0.05) is 60.7 Å². The number of carbonyl (C=O) groups excluding carboxylic acids is 10. The van der Waals surface area contributed by atoms with Crippen molar-refractivity contribution in [3.05, 3.63) is 270 Å². The van der Waals surface area contributed by atoms with Gasteiger partial charge in [0.25, 0.3) is 0 Å². The maximum absolute atomic E-state index is 12.4. The summed E-state index contributed by atoms with van der Waals surface area (Å²) in [6, 6.07) is 47.9. The van der Waals surface area contributed by atoms with E-state index in [0.29, 0.717) is 122 Å². The summed E-state index contributed by atoms with van der Waals surface area (Å²) in [5, 5.41) is 24.9. The van der Waals surface area contributed by atoms with E-state index in [4.69, 9.17) is 11.3 Å². The summed E-state index contributed by atoms with van der Waals surface area (Å²) in [5.74, 6) is 0.552. The molecule has 36 heteroatoms. The van der Waals surface area contributed by atoms with Gasteiger partial charge in [-0.15, -0.1) is 92.5 Å². The van der Waals surface area contributed by atoms with Crippen molar-refractivity contribution in [3.8, 4) is 85.5 Å². The Kier molecular flexibility index (Phi) is 42.5. The fourth-order valence-electron chi connectivity index (χ4n) is 11.0. The van der Waals surface area contributed by atoms with Crippen LogP contribution in [0.25, 0.3) is 78.8 Å². The van der Waals surface area contributed by atoms with Gasteiger partial charge in [0.05, 0.1) is 66.2 Å². The number of rotatable bonds is 33. The molecule has 0 bridgehead atoms. The molecule has 0 atom stereocenters. The predicted octanol–water partition coefficient (Wildman–Crippen LogP) is 23.4. The molecule has 0 fully saturated rings. The zero-order chi connectivity index (χ0) is 93.6. The molecule has 23 nitrogen and oxygen atoms in total. The summed E-state index contributed by atoms with van der Waals surface area (Å²) in [7, 11) is 2.97. The number of carbonyl (C=O) groups is 10. The van der Waals surface area contributed by atoms with E-state index in [0.717, 1.165) is 167 Å². The van der Waals surface area contributed by atoms with Gasteiger partial charge in [-0.05, 0) is 161 Å². The van der Waals surface area contributed by atoms with Crippen LogP contribution in [-0.2, 0) is 94.2 Å². The van der Waals surface area contributed by atoms with Crippen LogP contribution in [0.15, 0.2) is 208 Å². The zero-order valence-corrected chi connectivity index (χ0v) is 75.9. The molecule has 0 unspecified atom stereocenters. The molecule has 130 heavy (non-hydrogen) atoms. The second-order valence-electron chi connectivity index (χ2n) is 27.1. The van der Waals surface area contributed by atoms with Crippen molar-refractivity contribution in [2.75, 3.05) is 24.9 Å². The molecule has 0 saturated heterocycles. The van der Waals surface area contributed by atoms with Crippen LogP contribution in [0.2, 0.25) is 0 Å². The molecule has 7 heterocycles. The van der Waals surface area contributed by atoms with Gasteiger partial charge in [0.2, 0.25) is 5.91 Å². The van der Waals surface area contributed by atoms with Gasteiger partial charge >= 0.3 is 18.6 Å². The first-order valence-corrected chi connectivity index (χ1v) is 45.7. The van der Waals surface area contributed by atoms with E-state index in [9.17, 15) is 74.3 Å². The number of Topliss-reactive ketones (excluding diaryl/α,β-unsaturated/α-hetero) is 1. The number of ether oxygens (including phenoxy) is 3. The summed E-state index contributed by atoms with van der Waals surface area (Å²) in [4.78, 5) is 140. The number of anilines is 2. The number of ketones is 1. The van der Waals surface area contributed by atoms with E-state index in [-0.39, 0.29) is 17.4 Å². The molecule has 0 radical (unpaired) electrons. The fourth-order valence-corrected chi connectivity index (χ4v) is 17.0. The van der Waals surface area contributed by atoms with Crippen LogP contribution in [0.3, 0.4) is 0 Å². The van der Waals surface area contributed by atoms with Gasteiger partial charge in [-0.25, -0.2) is 44.5 Å². The Balaban J connectivity index is 0.000000187. The Morgan fingerprint density at radius 2 is 0.600 bits per heavy atom. The number of nitrogens with one attached hydrogen (secondary N) is 2. The highest BCUT2D eigenvalue weighted by Crippen LogP contribution is 2.36. The molecule has 0 aliphatic carbocycles. The highest BCUT2D eigenvalue weighted by Gasteiger charge is 2.32. The zero-order valence-electron chi connectivity index (χ0n) is 70.2. The van der Waals surface area contributed by atoms with Gasteiger partial charge in [0.1, 0.15) is 90.6 Å². The second-order valence-corrected chi connectivity index (χ2v) is 33.1. The smallest absolute Gasteiger partial charge is 0.497 e. The fraction of sp³-hybridized carbons (Fsp3) is 0.213. The van der Waals surface area contributed by atoms with Crippen LogP contribution < -0.4 is 20.1 Å². The summed E-state index contributed by atoms with van der Waals surface area (Å²) in [5.41, 5.74) is 14.9. The minimum absolute atomic E-state index is 0.0624. The summed E-state index contributed by atoms with van der Waals surface area (Å²) in [6.07, 6.45) is 4.59. The maximum atomic E-state index is 12.4. The molecule has 7 aromatic carbocycles. The lowest BCUT2D eigenvalue weighted by Gasteiger charge is -2.08. The molecule has 0 aliphatic heterocycles. The van der Waals surface area contributed by atoms with Gasteiger partial charge < -0.3 is 53.1 Å².